The SMILES string of the molecule is O=C(O)C1CC2(CC2)CNC1C(=O)N1CCCC(Cc2ccccc2)C1. The van der Waals surface area contributed by atoms with Crippen LogP contribution in [0.1, 0.15) is 37.7 Å². The summed E-state index contributed by atoms with van der Waals surface area (Å²) in [6.07, 6.45) is 5.93. The number of carboxylic acids is 1. The second-order valence-electron chi connectivity index (χ2n) is 8.49. The number of rotatable bonds is 4. The highest BCUT2D eigenvalue weighted by Gasteiger charge is 2.52. The minimum Gasteiger partial charge on any atom is -0.481 e. The van der Waals surface area contributed by atoms with Gasteiger partial charge in [0.05, 0.1) is 5.92 Å². The summed E-state index contributed by atoms with van der Waals surface area (Å²) in [5, 5.41) is 12.9. The van der Waals surface area contributed by atoms with E-state index in [1.54, 1.807) is 0 Å². The van der Waals surface area contributed by atoms with Gasteiger partial charge in [-0.25, -0.2) is 0 Å². The van der Waals surface area contributed by atoms with E-state index in [9.17, 15) is 14.7 Å². The van der Waals surface area contributed by atoms with Crippen LogP contribution in [0.3, 0.4) is 0 Å². The number of hydrogen-bond acceptors (Lipinski definition) is 3. The molecule has 0 radical (unpaired) electrons. The van der Waals surface area contributed by atoms with Gasteiger partial charge in [-0.3, -0.25) is 9.59 Å². The Bertz CT molecular complexity index is 671. The van der Waals surface area contributed by atoms with E-state index in [0.717, 1.165) is 51.7 Å². The highest BCUT2D eigenvalue weighted by Crippen LogP contribution is 2.52. The van der Waals surface area contributed by atoms with Crippen molar-refractivity contribution in [3.8, 4) is 0 Å². The molecule has 2 aliphatic heterocycles. The molecule has 1 aromatic carbocycles. The molecule has 1 saturated carbocycles. The van der Waals surface area contributed by atoms with Crippen LogP contribution in [0.2, 0.25) is 0 Å². The molecule has 2 heterocycles. The molecule has 3 unspecified atom stereocenters. The molecule has 26 heavy (non-hydrogen) atoms. The lowest BCUT2D eigenvalue weighted by Crippen LogP contribution is -2.58. The van der Waals surface area contributed by atoms with Gasteiger partial charge in [0.25, 0.3) is 0 Å². The summed E-state index contributed by atoms with van der Waals surface area (Å²) in [6.45, 7) is 2.28. The van der Waals surface area contributed by atoms with Crippen LogP contribution in [0.5, 0.6) is 0 Å². The van der Waals surface area contributed by atoms with E-state index in [0.29, 0.717) is 12.3 Å². The zero-order chi connectivity index (χ0) is 18.1. The van der Waals surface area contributed by atoms with Crippen molar-refractivity contribution in [2.24, 2.45) is 17.3 Å². The number of benzene rings is 1. The monoisotopic (exact) mass is 356 g/mol. The lowest BCUT2D eigenvalue weighted by atomic mass is 9.81. The fourth-order valence-electron chi connectivity index (χ4n) is 4.75. The summed E-state index contributed by atoms with van der Waals surface area (Å²) in [6, 6.07) is 9.84. The molecule has 1 aliphatic carbocycles. The summed E-state index contributed by atoms with van der Waals surface area (Å²) in [4.78, 5) is 26.8. The van der Waals surface area contributed by atoms with Gasteiger partial charge >= 0.3 is 5.97 Å². The van der Waals surface area contributed by atoms with Gasteiger partial charge < -0.3 is 15.3 Å². The van der Waals surface area contributed by atoms with Crippen LogP contribution in [-0.2, 0) is 16.0 Å². The van der Waals surface area contributed by atoms with Gasteiger partial charge in [-0.1, -0.05) is 30.3 Å². The molecule has 140 valence electrons. The minimum atomic E-state index is -0.834. The third-order valence-corrected chi connectivity index (χ3v) is 6.49. The number of hydrogen-bond donors (Lipinski definition) is 2. The standard InChI is InChI=1S/C21H28N2O3/c24-19(18-17(20(25)26)12-21(8-9-21)14-22-18)23-10-4-7-16(13-23)11-15-5-2-1-3-6-15/h1-3,5-6,16-18,22H,4,7-14H2,(H,25,26). The second-order valence-corrected chi connectivity index (χ2v) is 8.49. The number of nitrogens with zero attached hydrogens (tertiary/aromatic N) is 1. The number of carbonyl (C=O) groups is 2. The van der Waals surface area contributed by atoms with Gasteiger partial charge in [0.2, 0.25) is 5.91 Å². The maximum Gasteiger partial charge on any atom is 0.308 e. The van der Waals surface area contributed by atoms with Gasteiger partial charge in [0, 0.05) is 19.6 Å². The molecule has 0 aromatic heterocycles. The molecule has 3 atom stereocenters. The Balaban J connectivity index is 1.41. The molecule has 0 bridgehead atoms. The van der Waals surface area contributed by atoms with Crippen LogP contribution in [0.4, 0.5) is 0 Å². The fourth-order valence-corrected chi connectivity index (χ4v) is 4.75. The van der Waals surface area contributed by atoms with Crippen molar-refractivity contribution in [3.63, 3.8) is 0 Å². The topological polar surface area (TPSA) is 69.6 Å². The van der Waals surface area contributed by atoms with E-state index in [1.165, 1.54) is 5.56 Å². The van der Waals surface area contributed by atoms with Gasteiger partial charge in [-0.15, -0.1) is 0 Å². The quantitative estimate of drug-likeness (QED) is 0.869. The molecule has 1 amide bonds. The van der Waals surface area contributed by atoms with Crippen LogP contribution in [0.15, 0.2) is 30.3 Å². The average Bonchev–Trinajstić information content (AvgIpc) is 3.41. The maximum absolute atomic E-state index is 13.1. The number of carboxylic acid groups (broad SMARTS) is 1. The lowest BCUT2D eigenvalue weighted by Gasteiger charge is -2.40. The van der Waals surface area contributed by atoms with E-state index in [2.05, 4.69) is 29.6 Å². The van der Waals surface area contributed by atoms with Crippen molar-refractivity contribution in [2.45, 2.75) is 44.6 Å². The molecule has 2 N–H and O–H groups in total. The zero-order valence-electron chi connectivity index (χ0n) is 15.2. The Labute approximate surface area is 154 Å². The molecule has 5 heteroatoms. The van der Waals surface area contributed by atoms with E-state index in [1.807, 2.05) is 11.0 Å². The third kappa shape index (κ3) is 3.63. The van der Waals surface area contributed by atoms with Gasteiger partial charge in [0.15, 0.2) is 0 Å². The second kappa shape index (κ2) is 7.03. The summed E-state index contributed by atoms with van der Waals surface area (Å²) in [5.74, 6) is -0.977. The summed E-state index contributed by atoms with van der Waals surface area (Å²) < 4.78 is 0. The smallest absolute Gasteiger partial charge is 0.308 e. The van der Waals surface area contributed by atoms with E-state index >= 15 is 0 Å². The zero-order valence-corrected chi connectivity index (χ0v) is 15.2. The predicted molar refractivity (Wildman–Crippen MR) is 98.7 cm³/mol. The molecule has 3 aliphatic rings. The first kappa shape index (κ1) is 17.5. The predicted octanol–water partition coefficient (Wildman–Crippen LogP) is 2.31. The maximum atomic E-state index is 13.1. The molecule has 1 spiro atoms. The number of aliphatic carboxylic acids is 1. The summed E-state index contributed by atoms with van der Waals surface area (Å²) >= 11 is 0. The minimum absolute atomic E-state index is 0.00865. The van der Waals surface area contributed by atoms with Crippen molar-refractivity contribution >= 4 is 11.9 Å². The number of piperidine rings is 2. The Morgan fingerprint density at radius 2 is 2.00 bits per heavy atom. The average molecular weight is 356 g/mol. The van der Waals surface area contributed by atoms with Crippen molar-refractivity contribution < 1.29 is 14.7 Å². The Morgan fingerprint density at radius 3 is 2.69 bits per heavy atom. The molecule has 3 fully saturated rings. The van der Waals surface area contributed by atoms with Crippen LogP contribution in [0.25, 0.3) is 0 Å². The first-order valence-corrected chi connectivity index (χ1v) is 9.85. The first-order valence-electron chi connectivity index (χ1n) is 9.85. The van der Waals surface area contributed by atoms with E-state index < -0.39 is 17.9 Å². The Hall–Kier alpha value is -1.88. The van der Waals surface area contributed by atoms with Crippen LogP contribution >= 0.6 is 0 Å². The Morgan fingerprint density at radius 1 is 1.23 bits per heavy atom. The highest BCUT2D eigenvalue weighted by atomic mass is 16.4. The van der Waals surface area contributed by atoms with Crippen molar-refractivity contribution in [2.75, 3.05) is 19.6 Å². The van der Waals surface area contributed by atoms with E-state index in [4.69, 9.17) is 0 Å². The molecular weight excluding hydrogens is 328 g/mol. The molecule has 5 nitrogen and oxygen atoms in total. The van der Waals surface area contributed by atoms with Gasteiger partial charge in [-0.05, 0) is 55.4 Å². The molecule has 2 saturated heterocycles. The Kier molecular flexibility index (Phi) is 4.74. The van der Waals surface area contributed by atoms with Crippen molar-refractivity contribution in [1.82, 2.24) is 10.2 Å². The van der Waals surface area contributed by atoms with Crippen LogP contribution in [-0.4, -0.2) is 47.6 Å². The number of amides is 1. The van der Waals surface area contributed by atoms with Gasteiger partial charge in [-0.2, -0.15) is 0 Å². The largest absolute Gasteiger partial charge is 0.481 e. The van der Waals surface area contributed by atoms with Crippen molar-refractivity contribution in [3.05, 3.63) is 35.9 Å². The number of carbonyl (C=O) groups excluding carboxylic acids is 1. The highest BCUT2D eigenvalue weighted by molar-refractivity contribution is 5.88. The summed E-state index contributed by atoms with van der Waals surface area (Å²) in [5.41, 5.74) is 1.46. The number of nitrogens with one attached hydrogen (secondary N) is 1. The van der Waals surface area contributed by atoms with E-state index in [-0.39, 0.29) is 11.3 Å². The number of likely N-dealkylation sites (tertiary alicyclic amines) is 1. The van der Waals surface area contributed by atoms with Crippen LogP contribution in [0, 0.1) is 17.3 Å². The van der Waals surface area contributed by atoms with Gasteiger partial charge in [0.1, 0.15) is 6.04 Å². The first-order chi connectivity index (χ1) is 12.6. The van der Waals surface area contributed by atoms with Crippen molar-refractivity contribution in [1.29, 1.82) is 0 Å². The molecule has 4 rings (SSSR count). The third-order valence-electron chi connectivity index (χ3n) is 6.49. The normalized spacial score (nSPS) is 30.2. The lowest BCUT2D eigenvalue weighted by molar-refractivity contribution is -0.151. The molecular formula is C21H28N2O3. The summed E-state index contributed by atoms with van der Waals surface area (Å²) in [7, 11) is 0. The van der Waals surface area contributed by atoms with Crippen LogP contribution < -0.4 is 5.32 Å². The fraction of sp³-hybridized carbons (Fsp3) is 0.619. The molecule has 1 aromatic rings.